The van der Waals surface area contributed by atoms with E-state index in [4.69, 9.17) is 14.7 Å². The summed E-state index contributed by atoms with van der Waals surface area (Å²) >= 11 is 0. The number of rotatable bonds is 9. The first-order valence-corrected chi connectivity index (χ1v) is 17.4. The molecule has 41 heavy (non-hydrogen) atoms. The second-order valence-corrected chi connectivity index (χ2v) is 16.9. The van der Waals surface area contributed by atoms with Crippen LogP contribution in [0.15, 0.2) is 55.2 Å². The molecule has 1 aliphatic heterocycles. The van der Waals surface area contributed by atoms with Crippen LogP contribution in [0.1, 0.15) is 31.0 Å². The van der Waals surface area contributed by atoms with Crippen molar-refractivity contribution in [3.63, 3.8) is 0 Å². The van der Waals surface area contributed by atoms with E-state index in [1.165, 1.54) is 12.1 Å². The number of halogens is 1. The van der Waals surface area contributed by atoms with Gasteiger partial charge in [0.2, 0.25) is 5.95 Å². The third-order valence-electron chi connectivity index (χ3n) is 7.13. The van der Waals surface area contributed by atoms with E-state index in [-0.39, 0.29) is 11.9 Å². The number of hydrogen-bond donors (Lipinski definition) is 0. The van der Waals surface area contributed by atoms with Crippen LogP contribution in [0.5, 0.6) is 0 Å². The van der Waals surface area contributed by atoms with E-state index in [1.807, 2.05) is 23.9 Å². The van der Waals surface area contributed by atoms with Crippen LogP contribution in [-0.4, -0.2) is 58.7 Å². The molecule has 1 aromatic carbocycles. The molecule has 6 rings (SSSR count). The van der Waals surface area contributed by atoms with Crippen molar-refractivity contribution in [2.45, 2.75) is 58.7 Å². The number of ether oxygens (including phenoxy) is 1. The lowest BCUT2D eigenvalue weighted by atomic mass is 10.1. The first-order valence-electron chi connectivity index (χ1n) is 13.7. The highest BCUT2D eigenvalue weighted by atomic mass is 28.3. The van der Waals surface area contributed by atoms with Crippen molar-refractivity contribution in [3.8, 4) is 23.0 Å². The first kappa shape index (κ1) is 27.0. The van der Waals surface area contributed by atoms with Gasteiger partial charge >= 0.3 is 0 Å². The van der Waals surface area contributed by atoms with Gasteiger partial charge in [-0.25, -0.2) is 19.0 Å². The number of hydrogen-bond acceptors (Lipinski definition) is 8. The molecule has 0 saturated heterocycles. The molecule has 13 heteroatoms. The van der Waals surface area contributed by atoms with E-state index in [2.05, 4.69) is 51.7 Å². The highest BCUT2D eigenvalue weighted by molar-refractivity contribution is 6.76. The van der Waals surface area contributed by atoms with Gasteiger partial charge in [0.15, 0.2) is 11.6 Å². The lowest BCUT2D eigenvalue weighted by Gasteiger charge is -2.36. The Morgan fingerprint density at radius 2 is 1.85 bits per heavy atom. The lowest BCUT2D eigenvalue weighted by Crippen LogP contribution is -2.32. The third kappa shape index (κ3) is 5.18. The van der Waals surface area contributed by atoms with E-state index < -0.39 is 8.07 Å². The molecule has 5 aromatic rings. The zero-order chi connectivity index (χ0) is 28.7. The number of nitrogens with zero attached hydrogens (tertiary/aromatic N) is 10. The first-order chi connectivity index (χ1) is 19.7. The SMILES string of the molecule is CCC1c2nnc(C)n2-c2cnc(-n3ccnc3-c3ccc(F)cc3)nc2N1c1cnn(COCC[Si](C)(C)C)c1. The summed E-state index contributed by atoms with van der Waals surface area (Å²) in [4.78, 5) is 16.4. The fourth-order valence-corrected chi connectivity index (χ4v) is 5.75. The Bertz CT molecular complexity index is 1670. The molecule has 1 unspecified atom stereocenters. The van der Waals surface area contributed by atoms with Crippen LogP contribution >= 0.6 is 0 Å². The molecule has 0 radical (unpaired) electrons. The summed E-state index contributed by atoms with van der Waals surface area (Å²) in [6.45, 7) is 12.1. The molecular formula is C28H33FN10OSi. The molecular weight excluding hydrogens is 539 g/mol. The second kappa shape index (κ2) is 10.6. The molecule has 0 amide bonds. The second-order valence-electron chi connectivity index (χ2n) is 11.3. The molecule has 0 fully saturated rings. The van der Waals surface area contributed by atoms with Gasteiger partial charge in [-0.3, -0.25) is 9.13 Å². The molecule has 4 aromatic heterocycles. The summed E-state index contributed by atoms with van der Waals surface area (Å²) in [5, 5.41) is 13.5. The van der Waals surface area contributed by atoms with Crippen molar-refractivity contribution in [1.82, 2.24) is 44.1 Å². The number of anilines is 2. The maximum Gasteiger partial charge on any atom is 0.237 e. The average molecular weight is 573 g/mol. The normalized spacial score (nSPS) is 14.8. The fourth-order valence-electron chi connectivity index (χ4n) is 4.99. The molecule has 212 valence electrons. The Morgan fingerprint density at radius 3 is 2.61 bits per heavy atom. The molecule has 0 bridgehead atoms. The Morgan fingerprint density at radius 1 is 1.05 bits per heavy atom. The average Bonchev–Trinajstić information content (AvgIpc) is 3.70. The van der Waals surface area contributed by atoms with Gasteiger partial charge in [-0.15, -0.1) is 10.2 Å². The van der Waals surface area contributed by atoms with Crippen LogP contribution in [0.3, 0.4) is 0 Å². The Labute approximate surface area is 238 Å². The predicted molar refractivity (Wildman–Crippen MR) is 156 cm³/mol. The van der Waals surface area contributed by atoms with Crippen LogP contribution in [0.2, 0.25) is 25.7 Å². The summed E-state index contributed by atoms with van der Waals surface area (Å²) in [6, 6.07) is 7.19. The third-order valence-corrected chi connectivity index (χ3v) is 8.83. The minimum absolute atomic E-state index is 0.128. The van der Waals surface area contributed by atoms with Crippen molar-refractivity contribution in [3.05, 3.63) is 72.7 Å². The summed E-state index contributed by atoms with van der Waals surface area (Å²) < 4.78 is 25.2. The van der Waals surface area contributed by atoms with Crippen LogP contribution in [0, 0.1) is 12.7 Å². The highest BCUT2D eigenvalue weighted by Crippen LogP contribution is 2.43. The van der Waals surface area contributed by atoms with Gasteiger partial charge in [0.1, 0.15) is 29.9 Å². The van der Waals surface area contributed by atoms with Gasteiger partial charge < -0.3 is 9.64 Å². The van der Waals surface area contributed by atoms with Crippen LogP contribution in [-0.2, 0) is 11.5 Å². The summed E-state index contributed by atoms with van der Waals surface area (Å²) in [7, 11) is -1.17. The van der Waals surface area contributed by atoms with Gasteiger partial charge in [-0.1, -0.05) is 26.6 Å². The maximum absolute atomic E-state index is 13.6. The van der Waals surface area contributed by atoms with E-state index >= 15 is 0 Å². The van der Waals surface area contributed by atoms with Crippen LogP contribution < -0.4 is 4.90 Å². The predicted octanol–water partition coefficient (Wildman–Crippen LogP) is 5.47. The number of imidazole rings is 1. The number of fused-ring (bicyclic) bond motifs is 3. The van der Waals surface area contributed by atoms with Crippen molar-refractivity contribution in [2.24, 2.45) is 0 Å². The summed E-state index contributed by atoms with van der Waals surface area (Å²) in [6.07, 6.45) is 9.84. The fraction of sp³-hybridized carbons (Fsp3) is 0.357. The lowest BCUT2D eigenvalue weighted by molar-refractivity contribution is 0.0786. The number of benzene rings is 1. The molecule has 0 spiro atoms. The van der Waals surface area contributed by atoms with Gasteiger partial charge in [-0.05, 0) is 43.7 Å². The van der Waals surface area contributed by atoms with Crippen molar-refractivity contribution in [1.29, 1.82) is 0 Å². The highest BCUT2D eigenvalue weighted by Gasteiger charge is 2.36. The molecule has 0 N–H and O–H groups in total. The smallest absolute Gasteiger partial charge is 0.237 e. The largest absolute Gasteiger partial charge is 0.360 e. The van der Waals surface area contributed by atoms with Crippen LogP contribution in [0.25, 0.3) is 23.0 Å². The maximum atomic E-state index is 13.6. The monoisotopic (exact) mass is 572 g/mol. The van der Waals surface area contributed by atoms with E-state index in [0.29, 0.717) is 24.3 Å². The molecule has 0 aliphatic carbocycles. The topological polar surface area (TPSA) is 105 Å². The van der Waals surface area contributed by atoms with E-state index in [9.17, 15) is 4.39 Å². The minimum Gasteiger partial charge on any atom is -0.360 e. The Hall–Kier alpha value is -4.23. The molecule has 5 heterocycles. The van der Waals surface area contributed by atoms with Gasteiger partial charge in [-0.2, -0.15) is 10.1 Å². The Balaban J connectivity index is 1.40. The van der Waals surface area contributed by atoms with Crippen molar-refractivity contribution < 1.29 is 9.13 Å². The molecule has 0 saturated carbocycles. The minimum atomic E-state index is -1.17. The zero-order valence-electron chi connectivity index (χ0n) is 23.9. The summed E-state index contributed by atoms with van der Waals surface area (Å²) in [5.41, 5.74) is 2.40. The van der Waals surface area contributed by atoms with Crippen molar-refractivity contribution >= 4 is 19.6 Å². The number of aryl methyl sites for hydroxylation is 1. The number of aromatic nitrogens is 9. The van der Waals surface area contributed by atoms with E-state index in [0.717, 1.165) is 47.7 Å². The molecule has 1 atom stereocenters. The quantitative estimate of drug-likeness (QED) is 0.169. The van der Waals surface area contributed by atoms with Gasteiger partial charge in [0.25, 0.3) is 0 Å². The van der Waals surface area contributed by atoms with Crippen molar-refractivity contribution in [2.75, 3.05) is 11.5 Å². The zero-order valence-corrected chi connectivity index (χ0v) is 24.9. The molecule has 1 aliphatic rings. The standard InChI is InChI=1S/C28H33FN10OSi/c1-6-23-27-35-34-19(2)38(27)24-16-31-28(37-12-11-30-25(37)20-7-9-21(29)10-8-20)33-26(24)39(23)22-15-32-36(17-22)18-40-13-14-41(3,4)5/h7-12,15-17,23H,6,13-14,18H2,1-5H3. The summed E-state index contributed by atoms with van der Waals surface area (Å²) in [5.74, 6) is 3.04. The Kier molecular flexibility index (Phi) is 6.99. The molecule has 11 nitrogen and oxygen atoms in total. The van der Waals surface area contributed by atoms with Gasteiger partial charge in [0, 0.05) is 32.6 Å². The van der Waals surface area contributed by atoms with Gasteiger partial charge in [0.05, 0.1) is 30.3 Å². The van der Waals surface area contributed by atoms with E-state index in [1.54, 1.807) is 40.0 Å². The van der Waals surface area contributed by atoms with Crippen LogP contribution in [0.4, 0.5) is 15.9 Å².